The topological polar surface area (TPSA) is 66.5 Å². The first-order valence-corrected chi connectivity index (χ1v) is 13.5. The molecule has 1 fully saturated rings. The monoisotopic (exact) mass is 480 g/mol. The van der Waals surface area contributed by atoms with E-state index < -0.39 is 10.0 Å². The van der Waals surface area contributed by atoms with Crippen molar-refractivity contribution >= 4 is 33.4 Å². The average Bonchev–Trinajstić information content (AvgIpc) is 2.85. The van der Waals surface area contributed by atoms with Gasteiger partial charge >= 0.3 is 0 Å². The molecule has 5 nitrogen and oxygen atoms in total. The van der Waals surface area contributed by atoms with Gasteiger partial charge in [0.25, 0.3) is 5.91 Å². The minimum atomic E-state index is -3.59. The second-order valence-corrected chi connectivity index (χ2v) is 11.2. The van der Waals surface area contributed by atoms with Crippen molar-refractivity contribution in [3.63, 3.8) is 0 Å². The predicted molar refractivity (Wildman–Crippen MR) is 134 cm³/mol. The Morgan fingerprint density at radius 1 is 0.939 bits per heavy atom. The van der Waals surface area contributed by atoms with Crippen LogP contribution in [0.4, 0.5) is 5.69 Å². The molecule has 0 saturated carbocycles. The summed E-state index contributed by atoms with van der Waals surface area (Å²) in [4.78, 5) is 14.3. The van der Waals surface area contributed by atoms with Gasteiger partial charge in [0.15, 0.2) is 0 Å². The first-order valence-electron chi connectivity index (χ1n) is 11.1. The molecule has 1 amide bonds. The van der Waals surface area contributed by atoms with E-state index in [-0.39, 0.29) is 10.8 Å². The Morgan fingerprint density at radius 3 is 2.33 bits per heavy atom. The maximum Gasteiger partial charge on any atom is 0.255 e. The van der Waals surface area contributed by atoms with Gasteiger partial charge in [-0.3, -0.25) is 4.79 Å². The summed E-state index contributed by atoms with van der Waals surface area (Å²) in [5, 5.41) is 2.90. The molecule has 0 bridgehead atoms. The van der Waals surface area contributed by atoms with Crippen molar-refractivity contribution in [1.82, 2.24) is 4.31 Å². The van der Waals surface area contributed by atoms with Crippen LogP contribution in [0.3, 0.4) is 0 Å². The average molecular weight is 481 g/mol. The normalized spacial score (nSPS) is 14.7. The summed E-state index contributed by atoms with van der Waals surface area (Å²) in [6, 6.07) is 22.8. The maximum atomic E-state index is 13.0. The summed E-state index contributed by atoms with van der Waals surface area (Å²) in [5.74, 6) is 0.530. The van der Waals surface area contributed by atoms with Crippen molar-refractivity contribution in [2.45, 2.75) is 41.7 Å². The van der Waals surface area contributed by atoms with Gasteiger partial charge in [-0.05, 0) is 67.3 Å². The van der Waals surface area contributed by atoms with E-state index in [1.54, 1.807) is 23.9 Å². The van der Waals surface area contributed by atoms with Crippen molar-refractivity contribution in [3.05, 3.63) is 89.5 Å². The van der Waals surface area contributed by atoms with E-state index >= 15 is 0 Å². The molecule has 1 aliphatic rings. The summed E-state index contributed by atoms with van der Waals surface area (Å²) in [5.41, 5.74) is 2.95. The van der Waals surface area contributed by atoms with Gasteiger partial charge in [-0.1, -0.05) is 42.8 Å². The van der Waals surface area contributed by atoms with Crippen LogP contribution < -0.4 is 5.32 Å². The number of hydrogen-bond donors (Lipinski definition) is 1. The van der Waals surface area contributed by atoms with Crippen molar-refractivity contribution in [1.29, 1.82) is 0 Å². The second kappa shape index (κ2) is 10.5. The zero-order valence-corrected chi connectivity index (χ0v) is 20.3. The van der Waals surface area contributed by atoms with Crippen LogP contribution in [0.25, 0.3) is 0 Å². The van der Waals surface area contributed by atoms with Gasteiger partial charge in [0.1, 0.15) is 0 Å². The van der Waals surface area contributed by atoms with E-state index in [9.17, 15) is 13.2 Å². The Bertz CT molecular complexity index is 1200. The van der Waals surface area contributed by atoms with Crippen LogP contribution in [0.1, 0.15) is 40.7 Å². The van der Waals surface area contributed by atoms with Crippen molar-refractivity contribution in [3.8, 4) is 0 Å². The van der Waals surface area contributed by atoms with Gasteiger partial charge in [0.05, 0.1) is 4.90 Å². The number of sulfonamides is 1. The number of hydrogen-bond acceptors (Lipinski definition) is 4. The van der Waals surface area contributed by atoms with Gasteiger partial charge in [-0.25, -0.2) is 8.42 Å². The molecule has 0 atom stereocenters. The number of carbonyl (C=O) groups is 1. The fourth-order valence-electron chi connectivity index (χ4n) is 3.83. The Balaban J connectivity index is 1.44. The van der Waals surface area contributed by atoms with Crippen LogP contribution in [0.5, 0.6) is 0 Å². The highest BCUT2D eigenvalue weighted by Crippen LogP contribution is 2.25. The molecule has 3 aromatic carbocycles. The Labute approximate surface area is 200 Å². The van der Waals surface area contributed by atoms with Crippen LogP contribution in [0.15, 0.2) is 82.6 Å². The largest absolute Gasteiger partial charge is 0.322 e. The van der Waals surface area contributed by atoms with Gasteiger partial charge in [0, 0.05) is 35.0 Å². The molecule has 0 radical (unpaired) electrons. The van der Waals surface area contributed by atoms with Crippen LogP contribution in [-0.2, 0) is 15.8 Å². The van der Waals surface area contributed by atoms with Gasteiger partial charge in [-0.2, -0.15) is 4.31 Å². The molecule has 1 N–H and O–H groups in total. The van der Waals surface area contributed by atoms with Gasteiger partial charge in [-0.15, -0.1) is 11.8 Å². The second-order valence-electron chi connectivity index (χ2n) is 8.19. The third-order valence-electron chi connectivity index (χ3n) is 5.77. The number of piperidine rings is 1. The van der Waals surface area contributed by atoms with Gasteiger partial charge < -0.3 is 5.32 Å². The first kappa shape index (κ1) is 23.5. The van der Waals surface area contributed by atoms with Crippen molar-refractivity contribution in [2.75, 3.05) is 18.4 Å². The molecule has 1 aliphatic heterocycles. The lowest BCUT2D eigenvalue weighted by Gasteiger charge is -2.26. The molecule has 4 rings (SSSR count). The predicted octanol–water partition coefficient (Wildman–Crippen LogP) is 5.71. The Hall–Kier alpha value is -2.61. The molecular formula is C26H28N2O3S2. The lowest BCUT2D eigenvalue weighted by atomic mass is 10.1. The standard InChI is InChI=1S/C26H28N2O3S2/c1-20-10-15-24(33(30,31)28-16-6-3-7-17-28)18-25(20)26(29)27-22-13-11-21(12-14-22)19-32-23-8-4-2-5-9-23/h2,4-5,8-15,18H,3,6-7,16-17,19H2,1H3,(H,27,29). The molecule has 7 heteroatoms. The summed E-state index contributed by atoms with van der Waals surface area (Å²) in [7, 11) is -3.59. The Morgan fingerprint density at radius 2 is 1.64 bits per heavy atom. The minimum Gasteiger partial charge on any atom is -0.322 e. The van der Waals surface area contributed by atoms with Crippen LogP contribution in [-0.4, -0.2) is 31.7 Å². The summed E-state index contributed by atoms with van der Waals surface area (Å²) >= 11 is 1.76. The quantitative estimate of drug-likeness (QED) is 0.440. The smallest absolute Gasteiger partial charge is 0.255 e. The SMILES string of the molecule is Cc1ccc(S(=O)(=O)N2CCCCC2)cc1C(=O)Nc1ccc(CSc2ccccc2)cc1. The van der Waals surface area contributed by atoms with E-state index in [4.69, 9.17) is 0 Å². The molecule has 0 aliphatic carbocycles. The summed E-state index contributed by atoms with van der Waals surface area (Å²) in [6.45, 7) is 2.88. The molecule has 0 aromatic heterocycles. The zero-order chi connectivity index (χ0) is 23.3. The highest BCUT2D eigenvalue weighted by atomic mass is 32.2. The number of anilines is 1. The molecule has 3 aromatic rings. The molecule has 0 unspecified atom stereocenters. The number of thioether (sulfide) groups is 1. The van der Waals surface area contributed by atoms with E-state index in [1.165, 1.54) is 15.3 Å². The molecular weight excluding hydrogens is 452 g/mol. The zero-order valence-electron chi connectivity index (χ0n) is 18.7. The number of nitrogens with one attached hydrogen (secondary N) is 1. The van der Waals surface area contributed by atoms with Crippen LogP contribution in [0.2, 0.25) is 0 Å². The number of nitrogens with zero attached hydrogens (tertiary/aromatic N) is 1. The highest BCUT2D eigenvalue weighted by Gasteiger charge is 2.27. The fourth-order valence-corrected chi connectivity index (χ4v) is 6.25. The number of amides is 1. The highest BCUT2D eigenvalue weighted by molar-refractivity contribution is 7.98. The number of carbonyl (C=O) groups excluding carboxylic acids is 1. The Kier molecular flexibility index (Phi) is 7.53. The summed E-state index contributed by atoms with van der Waals surface area (Å²) in [6.07, 6.45) is 2.80. The number of aryl methyl sites for hydroxylation is 1. The van der Waals surface area contributed by atoms with Gasteiger partial charge in [0.2, 0.25) is 10.0 Å². The fraction of sp³-hybridized carbons (Fsp3) is 0.269. The number of benzene rings is 3. The maximum absolute atomic E-state index is 13.0. The van der Waals surface area contributed by atoms with Crippen LogP contribution >= 0.6 is 11.8 Å². The molecule has 1 heterocycles. The van der Waals surface area contributed by atoms with Crippen molar-refractivity contribution in [2.24, 2.45) is 0 Å². The lowest BCUT2D eigenvalue weighted by molar-refractivity contribution is 0.102. The third-order valence-corrected chi connectivity index (χ3v) is 8.74. The molecule has 172 valence electrons. The van der Waals surface area contributed by atoms with E-state index in [1.807, 2.05) is 49.4 Å². The molecule has 33 heavy (non-hydrogen) atoms. The first-order chi connectivity index (χ1) is 15.9. The van der Waals surface area contributed by atoms with E-state index in [0.29, 0.717) is 24.3 Å². The molecule has 1 saturated heterocycles. The van der Waals surface area contributed by atoms with Crippen molar-refractivity contribution < 1.29 is 13.2 Å². The van der Waals surface area contributed by atoms with E-state index in [0.717, 1.165) is 36.1 Å². The lowest BCUT2D eigenvalue weighted by Crippen LogP contribution is -2.35. The minimum absolute atomic E-state index is 0.174. The summed E-state index contributed by atoms with van der Waals surface area (Å²) < 4.78 is 27.6. The molecule has 0 spiro atoms. The van der Waals surface area contributed by atoms with E-state index in [2.05, 4.69) is 17.4 Å². The number of rotatable bonds is 7. The van der Waals surface area contributed by atoms with Crippen LogP contribution in [0, 0.1) is 6.92 Å². The third kappa shape index (κ3) is 5.85.